The van der Waals surface area contributed by atoms with Crippen molar-refractivity contribution in [2.75, 3.05) is 12.0 Å². The van der Waals surface area contributed by atoms with E-state index >= 15 is 0 Å². The first-order chi connectivity index (χ1) is 14.2. The second-order valence-electron chi connectivity index (χ2n) is 6.82. The van der Waals surface area contributed by atoms with Gasteiger partial charge in [0.1, 0.15) is 0 Å². The van der Waals surface area contributed by atoms with Crippen LogP contribution in [0, 0.1) is 0 Å². The average Bonchev–Trinajstić information content (AvgIpc) is 3.35. The van der Waals surface area contributed by atoms with Crippen LogP contribution >= 0.6 is 23.4 Å². The lowest BCUT2D eigenvalue weighted by atomic mass is 10.2. The Labute approximate surface area is 178 Å². The van der Waals surface area contributed by atoms with Gasteiger partial charge in [-0.15, -0.1) is 10.2 Å². The summed E-state index contributed by atoms with van der Waals surface area (Å²) in [5, 5.41) is 13.4. The second-order valence-corrected chi connectivity index (χ2v) is 8.21. The molecule has 0 bridgehead atoms. The summed E-state index contributed by atoms with van der Waals surface area (Å²) in [4.78, 5) is 12.7. The summed E-state index contributed by atoms with van der Waals surface area (Å²) in [6.45, 7) is 0.589. The molecule has 150 valence electrons. The Morgan fingerprint density at radius 1 is 1.17 bits per heavy atom. The number of hydrogen-bond donors (Lipinski definition) is 1. The van der Waals surface area contributed by atoms with Crippen LogP contribution in [-0.4, -0.2) is 37.1 Å². The Bertz CT molecular complexity index is 1140. The van der Waals surface area contributed by atoms with Crippen LogP contribution < -0.4 is 5.32 Å². The number of hydrogen-bond acceptors (Lipinski definition) is 4. The first-order valence-electron chi connectivity index (χ1n) is 9.48. The lowest BCUT2D eigenvalue weighted by molar-refractivity contribution is -0.122. The number of rotatable bonds is 8. The van der Waals surface area contributed by atoms with E-state index in [0.717, 1.165) is 39.6 Å². The van der Waals surface area contributed by atoms with Gasteiger partial charge in [0.2, 0.25) is 5.91 Å². The van der Waals surface area contributed by atoms with E-state index in [-0.39, 0.29) is 11.9 Å². The minimum absolute atomic E-state index is 0.00679. The van der Waals surface area contributed by atoms with Gasteiger partial charge in [-0.25, -0.2) is 0 Å². The molecule has 0 aliphatic heterocycles. The summed E-state index contributed by atoms with van der Waals surface area (Å²) < 4.78 is 4.00. The van der Waals surface area contributed by atoms with Crippen LogP contribution in [0.3, 0.4) is 0 Å². The Morgan fingerprint density at radius 3 is 2.93 bits per heavy atom. The number of aromatic nitrogens is 4. The zero-order valence-electron chi connectivity index (χ0n) is 16.1. The van der Waals surface area contributed by atoms with Crippen molar-refractivity contribution in [3.63, 3.8) is 0 Å². The highest BCUT2D eigenvalue weighted by molar-refractivity contribution is 7.98. The number of halogens is 1. The van der Waals surface area contributed by atoms with E-state index in [4.69, 9.17) is 11.6 Å². The van der Waals surface area contributed by atoms with Gasteiger partial charge in [-0.2, -0.15) is 11.8 Å². The molecule has 0 fully saturated rings. The van der Waals surface area contributed by atoms with Crippen LogP contribution in [0.2, 0.25) is 5.02 Å². The van der Waals surface area contributed by atoms with E-state index in [2.05, 4.69) is 26.3 Å². The summed E-state index contributed by atoms with van der Waals surface area (Å²) in [6.07, 6.45) is 7.14. The van der Waals surface area contributed by atoms with Gasteiger partial charge in [0.15, 0.2) is 11.5 Å². The maximum absolute atomic E-state index is 12.7. The predicted octanol–water partition coefficient (Wildman–Crippen LogP) is 4.34. The number of aryl methyl sites for hydroxylation is 1. The number of carbonyl (C=O) groups excluding carboxylic acids is 1. The fourth-order valence-corrected chi connectivity index (χ4v) is 4.17. The fraction of sp³-hybridized carbons (Fsp3) is 0.286. The molecule has 3 heterocycles. The van der Waals surface area contributed by atoms with Crippen molar-refractivity contribution >= 4 is 45.8 Å². The van der Waals surface area contributed by atoms with Gasteiger partial charge in [0.05, 0.1) is 6.04 Å². The monoisotopic (exact) mass is 427 g/mol. The van der Waals surface area contributed by atoms with E-state index < -0.39 is 0 Å². The number of nitrogens with zero attached hydrogens (tertiary/aromatic N) is 4. The lowest BCUT2D eigenvalue weighted by Gasteiger charge is -2.17. The Kier molecular flexibility index (Phi) is 6.06. The van der Waals surface area contributed by atoms with E-state index in [9.17, 15) is 4.79 Å². The normalized spacial score (nSPS) is 12.5. The number of nitrogens with one attached hydrogen (secondary N) is 1. The minimum atomic E-state index is -0.178. The molecule has 6 nitrogen and oxygen atoms in total. The molecule has 0 saturated carbocycles. The number of thioether (sulfide) groups is 1. The third-order valence-electron chi connectivity index (χ3n) is 4.94. The van der Waals surface area contributed by atoms with Gasteiger partial charge in [0, 0.05) is 41.3 Å². The third-order valence-corrected chi connectivity index (χ3v) is 5.91. The SMILES string of the molecule is CSCC[C@H](NC(=O)CCn1ccc2c(Cl)cccc21)c1nnc2ccccn12. The summed E-state index contributed by atoms with van der Waals surface area (Å²) in [5.41, 5.74) is 1.81. The molecule has 0 radical (unpaired) electrons. The van der Waals surface area contributed by atoms with Crippen molar-refractivity contribution in [3.05, 3.63) is 65.7 Å². The highest BCUT2D eigenvalue weighted by Gasteiger charge is 2.20. The molecule has 0 aliphatic rings. The summed E-state index contributed by atoms with van der Waals surface area (Å²) in [5.74, 6) is 1.68. The van der Waals surface area contributed by atoms with Gasteiger partial charge >= 0.3 is 0 Å². The molecule has 4 rings (SSSR count). The van der Waals surface area contributed by atoms with Crippen molar-refractivity contribution < 1.29 is 4.79 Å². The molecular weight excluding hydrogens is 406 g/mol. The number of carbonyl (C=O) groups is 1. The van der Waals surface area contributed by atoms with Crippen molar-refractivity contribution in [1.29, 1.82) is 0 Å². The van der Waals surface area contributed by atoms with Crippen molar-refractivity contribution in [3.8, 4) is 0 Å². The van der Waals surface area contributed by atoms with Crippen LogP contribution in [0.1, 0.15) is 24.7 Å². The molecule has 3 aromatic heterocycles. The number of amides is 1. The third kappa shape index (κ3) is 4.26. The minimum Gasteiger partial charge on any atom is -0.347 e. The molecule has 0 unspecified atom stereocenters. The molecule has 29 heavy (non-hydrogen) atoms. The lowest BCUT2D eigenvalue weighted by Crippen LogP contribution is -2.31. The van der Waals surface area contributed by atoms with Gasteiger partial charge in [-0.3, -0.25) is 9.20 Å². The summed E-state index contributed by atoms with van der Waals surface area (Å²) in [7, 11) is 0. The van der Waals surface area contributed by atoms with Crippen LogP contribution in [0.5, 0.6) is 0 Å². The highest BCUT2D eigenvalue weighted by Crippen LogP contribution is 2.24. The Hall–Kier alpha value is -2.51. The second kappa shape index (κ2) is 8.88. The van der Waals surface area contributed by atoms with E-state index in [0.29, 0.717) is 13.0 Å². The zero-order chi connectivity index (χ0) is 20.2. The first kappa shape index (κ1) is 19.8. The molecular formula is C21H22ClN5OS. The molecule has 8 heteroatoms. The summed E-state index contributed by atoms with van der Waals surface area (Å²) in [6, 6.07) is 13.4. The van der Waals surface area contributed by atoms with E-state index in [1.165, 1.54) is 0 Å². The van der Waals surface area contributed by atoms with Crippen LogP contribution in [0.15, 0.2) is 54.9 Å². The molecule has 1 amide bonds. The maximum atomic E-state index is 12.7. The number of pyridine rings is 1. The van der Waals surface area contributed by atoms with Gasteiger partial charge in [0.25, 0.3) is 0 Å². The van der Waals surface area contributed by atoms with Crippen molar-refractivity contribution in [2.45, 2.75) is 25.4 Å². The molecule has 1 aromatic carbocycles. The molecule has 1 N–H and O–H groups in total. The topological polar surface area (TPSA) is 64.2 Å². The number of fused-ring (bicyclic) bond motifs is 2. The molecule has 1 atom stereocenters. The Morgan fingerprint density at radius 2 is 2.07 bits per heavy atom. The standard InChI is InChI=1S/C21H22ClN5OS/c1-29-14-10-17(21-25-24-19-7-2-3-11-27(19)21)23-20(28)9-13-26-12-8-15-16(22)5-4-6-18(15)26/h2-8,11-12,17H,9-10,13-14H2,1H3,(H,23,28)/t17-/m0/s1. The van der Waals surface area contributed by atoms with Crippen molar-refractivity contribution in [2.24, 2.45) is 0 Å². The fourth-order valence-electron chi connectivity index (χ4n) is 3.47. The van der Waals surface area contributed by atoms with Gasteiger partial charge < -0.3 is 9.88 Å². The average molecular weight is 428 g/mol. The van der Waals surface area contributed by atoms with E-state index in [1.807, 2.05) is 59.3 Å². The molecule has 0 saturated heterocycles. The summed E-state index contributed by atoms with van der Waals surface area (Å²) >= 11 is 7.99. The van der Waals surface area contributed by atoms with Gasteiger partial charge in [-0.05, 0) is 48.8 Å². The molecule has 0 spiro atoms. The maximum Gasteiger partial charge on any atom is 0.222 e. The predicted molar refractivity (Wildman–Crippen MR) is 118 cm³/mol. The molecule has 0 aliphatic carbocycles. The first-order valence-corrected chi connectivity index (χ1v) is 11.3. The van der Waals surface area contributed by atoms with E-state index in [1.54, 1.807) is 11.8 Å². The molecule has 4 aromatic rings. The van der Waals surface area contributed by atoms with Gasteiger partial charge in [-0.1, -0.05) is 23.7 Å². The largest absolute Gasteiger partial charge is 0.347 e. The zero-order valence-corrected chi connectivity index (χ0v) is 17.7. The Balaban J connectivity index is 1.47. The van der Waals surface area contributed by atoms with Crippen LogP contribution in [0.25, 0.3) is 16.6 Å². The highest BCUT2D eigenvalue weighted by atomic mass is 35.5. The van der Waals surface area contributed by atoms with Crippen molar-refractivity contribution in [1.82, 2.24) is 24.5 Å². The van der Waals surface area contributed by atoms with Crippen LogP contribution in [0.4, 0.5) is 0 Å². The quantitative estimate of drug-likeness (QED) is 0.454. The smallest absolute Gasteiger partial charge is 0.222 e. The number of benzene rings is 1. The van der Waals surface area contributed by atoms with Crippen LogP contribution in [-0.2, 0) is 11.3 Å².